The van der Waals surface area contributed by atoms with Crippen molar-refractivity contribution < 1.29 is 4.74 Å². The maximum atomic E-state index is 11.9. The van der Waals surface area contributed by atoms with E-state index in [9.17, 15) is 4.79 Å². The Hall–Kier alpha value is -1.46. The maximum absolute atomic E-state index is 11.9. The van der Waals surface area contributed by atoms with Gasteiger partial charge in [-0.2, -0.15) is 0 Å². The molecule has 6 heteroatoms. The van der Waals surface area contributed by atoms with E-state index in [1.807, 2.05) is 25.4 Å². The standard InChI is InChI=1S/C16H22ClN3O2/c1-11-7-13(9-19(2)16(11)21)15-18-14(17)10-20(15)8-12-3-5-22-6-4-12/h7,9-10,12,15,18H,3-6,8H2,1-2H3. The number of nitrogens with one attached hydrogen (secondary N) is 1. The third kappa shape index (κ3) is 3.15. The molecule has 5 nitrogen and oxygen atoms in total. The van der Waals surface area contributed by atoms with Gasteiger partial charge in [-0.25, -0.2) is 0 Å². The second kappa shape index (κ2) is 6.34. The van der Waals surface area contributed by atoms with Gasteiger partial charge >= 0.3 is 0 Å². The molecule has 0 amide bonds. The topological polar surface area (TPSA) is 46.5 Å². The van der Waals surface area contributed by atoms with Gasteiger partial charge in [0, 0.05) is 50.3 Å². The molecule has 1 aromatic heterocycles. The molecule has 0 aliphatic carbocycles. The molecule has 3 heterocycles. The first-order chi connectivity index (χ1) is 10.5. The third-order valence-corrected chi connectivity index (χ3v) is 4.60. The molecular weight excluding hydrogens is 302 g/mol. The third-order valence-electron chi connectivity index (χ3n) is 4.39. The fraction of sp³-hybridized carbons (Fsp3) is 0.562. The normalized spacial score (nSPS) is 22.6. The highest BCUT2D eigenvalue weighted by atomic mass is 35.5. The van der Waals surface area contributed by atoms with Crippen molar-refractivity contribution in [1.29, 1.82) is 0 Å². The zero-order valence-electron chi connectivity index (χ0n) is 13.0. The predicted molar refractivity (Wildman–Crippen MR) is 86.5 cm³/mol. The lowest BCUT2D eigenvalue weighted by atomic mass is 9.99. The van der Waals surface area contributed by atoms with Crippen molar-refractivity contribution in [3.8, 4) is 0 Å². The first-order valence-corrected chi connectivity index (χ1v) is 8.07. The van der Waals surface area contributed by atoms with Crippen LogP contribution in [0.15, 0.2) is 28.4 Å². The summed E-state index contributed by atoms with van der Waals surface area (Å²) in [5, 5.41) is 3.93. The number of halogens is 1. The van der Waals surface area contributed by atoms with Crippen molar-refractivity contribution in [1.82, 2.24) is 14.8 Å². The summed E-state index contributed by atoms with van der Waals surface area (Å²) in [5.41, 5.74) is 1.84. The zero-order chi connectivity index (χ0) is 15.7. The van der Waals surface area contributed by atoms with Crippen LogP contribution in [-0.4, -0.2) is 29.2 Å². The van der Waals surface area contributed by atoms with Crippen LogP contribution in [0, 0.1) is 12.8 Å². The lowest BCUT2D eigenvalue weighted by molar-refractivity contribution is 0.0539. The molecule has 1 aromatic rings. The highest BCUT2D eigenvalue weighted by Crippen LogP contribution is 2.29. The highest BCUT2D eigenvalue weighted by Gasteiger charge is 2.28. The van der Waals surface area contributed by atoms with E-state index in [0.717, 1.165) is 43.7 Å². The molecule has 22 heavy (non-hydrogen) atoms. The number of nitrogens with zero attached hydrogens (tertiary/aromatic N) is 2. The van der Waals surface area contributed by atoms with Crippen molar-refractivity contribution in [3.05, 3.63) is 45.1 Å². The summed E-state index contributed by atoms with van der Waals surface area (Å²) in [6, 6.07) is 1.94. The molecular formula is C16H22ClN3O2. The van der Waals surface area contributed by atoms with Crippen molar-refractivity contribution in [2.75, 3.05) is 19.8 Å². The Labute approximate surface area is 135 Å². The zero-order valence-corrected chi connectivity index (χ0v) is 13.8. The number of rotatable bonds is 3. The molecule has 2 aliphatic rings. The lowest BCUT2D eigenvalue weighted by Crippen LogP contribution is -2.34. The smallest absolute Gasteiger partial charge is 0.253 e. The van der Waals surface area contributed by atoms with Gasteiger partial charge in [0.25, 0.3) is 5.56 Å². The average molecular weight is 324 g/mol. The van der Waals surface area contributed by atoms with Crippen molar-refractivity contribution >= 4 is 11.6 Å². The van der Waals surface area contributed by atoms with E-state index in [0.29, 0.717) is 11.1 Å². The molecule has 1 saturated heterocycles. The number of ether oxygens (including phenoxy) is 1. The van der Waals surface area contributed by atoms with Gasteiger partial charge in [-0.15, -0.1) is 0 Å². The summed E-state index contributed by atoms with van der Waals surface area (Å²) in [6.45, 7) is 4.47. The monoisotopic (exact) mass is 323 g/mol. The molecule has 1 unspecified atom stereocenters. The number of hydrogen-bond donors (Lipinski definition) is 1. The Morgan fingerprint density at radius 2 is 2.14 bits per heavy atom. The van der Waals surface area contributed by atoms with E-state index in [2.05, 4.69) is 10.2 Å². The first-order valence-electron chi connectivity index (χ1n) is 7.69. The van der Waals surface area contributed by atoms with Gasteiger partial charge in [0.1, 0.15) is 11.3 Å². The fourth-order valence-electron chi connectivity index (χ4n) is 3.19. The van der Waals surface area contributed by atoms with Gasteiger partial charge < -0.3 is 19.5 Å². The summed E-state index contributed by atoms with van der Waals surface area (Å²) >= 11 is 6.20. The van der Waals surface area contributed by atoms with Crippen molar-refractivity contribution in [2.45, 2.75) is 25.9 Å². The van der Waals surface area contributed by atoms with Crippen molar-refractivity contribution in [3.63, 3.8) is 0 Å². The Morgan fingerprint density at radius 3 is 2.82 bits per heavy atom. The summed E-state index contributed by atoms with van der Waals surface area (Å²) in [4.78, 5) is 14.1. The van der Waals surface area contributed by atoms with Crippen LogP contribution in [0.25, 0.3) is 0 Å². The molecule has 0 radical (unpaired) electrons. The number of aryl methyl sites for hydroxylation is 2. The molecule has 1 atom stereocenters. The molecule has 0 aromatic carbocycles. The maximum Gasteiger partial charge on any atom is 0.253 e. The highest BCUT2D eigenvalue weighted by molar-refractivity contribution is 6.29. The van der Waals surface area contributed by atoms with Gasteiger partial charge in [0.2, 0.25) is 0 Å². The fourth-order valence-corrected chi connectivity index (χ4v) is 3.42. The van der Waals surface area contributed by atoms with Crippen LogP contribution in [0.5, 0.6) is 0 Å². The molecule has 2 aliphatic heterocycles. The van der Waals surface area contributed by atoms with E-state index >= 15 is 0 Å². The first kappa shape index (κ1) is 15.4. The summed E-state index contributed by atoms with van der Waals surface area (Å²) < 4.78 is 7.06. The summed E-state index contributed by atoms with van der Waals surface area (Å²) in [6.07, 6.45) is 6.00. The Balaban J connectivity index is 1.81. The minimum atomic E-state index is -0.0131. The molecule has 0 spiro atoms. The number of aromatic nitrogens is 1. The van der Waals surface area contributed by atoms with Gasteiger partial charge in [-0.1, -0.05) is 11.6 Å². The lowest BCUT2D eigenvalue weighted by Gasteiger charge is -2.31. The molecule has 0 bridgehead atoms. The quantitative estimate of drug-likeness (QED) is 0.865. The van der Waals surface area contributed by atoms with Crippen molar-refractivity contribution in [2.24, 2.45) is 13.0 Å². The number of hydrogen-bond acceptors (Lipinski definition) is 4. The number of pyridine rings is 1. The van der Waals surface area contributed by atoms with Crippen LogP contribution in [-0.2, 0) is 11.8 Å². The van der Waals surface area contributed by atoms with E-state index < -0.39 is 0 Å². The van der Waals surface area contributed by atoms with Crippen LogP contribution in [0.1, 0.15) is 30.1 Å². The second-order valence-electron chi connectivity index (χ2n) is 6.15. The van der Waals surface area contributed by atoms with Crippen LogP contribution in [0.3, 0.4) is 0 Å². The van der Waals surface area contributed by atoms with E-state index in [1.165, 1.54) is 0 Å². The van der Waals surface area contributed by atoms with E-state index in [4.69, 9.17) is 16.3 Å². The average Bonchev–Trinajstić information content (AvgIpc) is 2.86. The largest absolute Gasteiger partial charge is 0.381 e. The molecule has 120 valence electrons. The molecule has 1 fully saturated rings. The minimum absolute atomic E-state index is 0.0131. The van der Waals surface area contributed by atoms with Gasteiger partial charge in [-0.05, 0) is 31.7 Å². The van der Waals surface area contributed by atoms with Crippen LogP contribution in [0.4, 0.5) is 0 Å². The SMILES string of the molecule is Cc1cc(C2NC(Cl)=CN2CC2CCOCC2)cn(C)c1=O. The second-order valence-corrected chi connectivity index (χ2v) is 6.56. The summed E-state index contributed by atoms with van der Waals surface area (Å²) in [7, 11) is 1.78. The van der Waals surface area contributed by atoms with Gasteiger partial charge in [0.05, 0.1) is 0 Å². The molecule has 1 N–H and O–H groups in total. The Morgan fingerprint density at radius 1 is 1.41 bits per heavy atom. The molecule has 3 rings (SSSR count). The Kier molecular flexibility index (Phi) is 4.45. The Bertz CT molecular complexity index is 609. The van der Waals surface area contributed by atoms with E-state index in [1.54, 1.807) is 11.6 Å². The molecule has 0 saturated carbocycles. The van der Waals surface area contributed by atoms with Gasteiger partial charge in [-0.3, -0.25) is 4.79 Å². The van der Waals surface area contributed by atoms with Crippen LogP contribution >= 0.6 is 11.6 Å². The summed E-state index contributed by atoms with van der Waals surface area (Å²) in [5.74, 6) is 0.616. The predicted octanol–water partition coefficient (Wildman–Crippen LogP) is 2.06. The van der Waals surface area contributed by atoms with Crippen LogP contribution in [0.2, 0.25) is 0 Å². The van der Waals surface area contributed by atoms with Crippen LogP contribution < -0.4 is 10.9 Å². The van der Waals surface area contributed by atoms with Gasteiger partial charge in [0.15, 0.2) is 0 Å². The minimum Gasteiger partial charge on any atom is -0.381 e. The van der Waals surface area contributed by atoms with E-state index in [-0.39, 0.29) is 11.7 Å².